The lowest BCUT2D eigenvalue weighted by Crippen LogP contribution is -1.90. The van der Waals surface area contributed by atoms with Gasteiger partial charge in [-0.05, 0) is 24.4 Å². The first-order valence-corrected chi connectivity index (χ1v) is 6.71. The number of aromatic nitrogens is 3. The summed E-state index contributed by atoms with van der Waals surface area (Å²) in [6, 6.07) is 11.2. The van der Waals surface area contributed by atoms with E-state index in [9.17, 15) is 4.39 Å². The van der Waals surface area contributed by atoms with E-state index in [4.69, 9.17) is 0 Å². The van der Waals surface area contributed by atoms with E-state index in [1.54, 1.807) is 10.5 Å². The molecular weight excluding hydrogens is 265 g/mol. The van der Waals surface area contributed by atoms with E-state index in [0.717, 1.165) is 33.4 Å². The van der Waals surface area contributed by atoms with Crippen molar-refractivity contribution in [1.82, 2.24) is 14.4 Å². The Hall–Kier alpha value is -2.75. The number of nitrogens with zero attached hydrogens (tertiary/aromatic N) is 3. The van der Waals surface area contributed by atoms with Crippen molar-refractivity contribution >= 4 is 16.4 Å². The summed E-state index contributed by atoms with van der Waals surface area (Å²) in [6.07, 6.45) is 5.11. The molecule has 0 N–H and O–H groups in total. The molecule has 0 aliphatic carbocycles. The molecule has 3 heterocycles. The van der Waals surface area contributed by atoms with Gasteiger partial charge in [-0.2, -0.15) is 0 Å². The highest BCUT2D eigenvalue weighted by molar-refractivity contribution is 5.95. The van der Waals surface area contributed by atoms with Gasteiger partial charge >= 0.3 is 0 Å². The van der Waals surface area contributed by atoms with Crippen LogP contribution in [-0.4, -0.2) is 14.4 Å². The highest BCUT2D eigenvalue weighted by Crippen LogP contribution is 2.29. The summed E-state index contributed by atoms with van der Waals surface area (Å²) < 4.78 is 15.2. The lowest BCUT2D eigenvalue weighted by Gasteiger charge is -2.04. The normalized spacial score (nSPS) is 11.3. The molecule has 4 aromatic rings. The Morgan fingerprint density at radius 3 is 2.81 bits per heavy atom. The van der Waals surface area contributed by atoms with Gasteiger partial charge in [0.1, 0.15) is 11.5 Å². The maximum Gasteiger partial charge on any atom is 0.139 e. The van der Waals surface area contributed by atoms with Crippen LogP contribution >= 0.6 is 0 Å². The second-order valence-electron chi connectivity index (χ2n) is 5.03. The summed E-state index contributed by atoms with van der Waals surface area (Å²) in [5.41, 5.74) is 3.44. The molecular formula is C17H12FN3. The zero-order valence-electron chi connectivity index (χ0n) is 11.4. The Morgan fingerprint density at radius 1 is 1.05 bits per heavy atom. The molecule has 0 aliphatic heterocycles. The zero-order valence-corrected chi connectivity index (χ0v) is 11.4. The van der Waals surface area contributed by atoms with Crippen LogP contribution in [0.25, 0.3) is 27.7 Å². The van der Waals surface area contributed by atoms with Crippen molar-refractivity contribution in [2.24, 2.45) is 0 Å². The number of halogens is 1. The quantitative estimate of drug-likeness (QED) is 0.526. The summed E-state index contributed by atoms with van der Waals surface area (Å²) >= 11 is 0. The fourth-order valence-electron chi connectivity index (χ4n) is 2.70. The number of pyridine rings is 2. The molecule has 3 aromatic heterocycles. The molecule has 3 nitrogen and oxygen atoms in total. The fourth-order valence-corrected chi connectivity index (χ4v) is 2.70. The van der Waals surface area contributed by atoms with Gasteiger partial charge in [0, 0.05) is 35.2 Å². The highest BCUT2D eigenvalue weighted by Gasteiger charge is 2.13. The number of rotatable bonds is 1. The largest absolute Gasteiger partial charge is 0.301 e. The number of fused-ring (bicyclic) bond motifs is 2. The Kier molecular flexibility index (Phi) is 2.51. The lowest BCUT2D eigenvalue weighted by molar-refractivity contribution is 0.618. The Balaban J connectivity index is 2.07. The first kappa shape index (κ1) is 12.0. The third-order valence-corrected chi connectivity index (χ3v) is 3.74. The highest BCUT2D eigenvalue weighted by atomic mass is 19.1. The monoisotopic (exact) mass is 277 g/mol. The van der Waals surface area contributed by atoms with Gasteiger partial charge in [-0.3, -0.25) is 4.98 Å². The predicted octanol–water partition coefficient (Wildman–Crippen LogP) is 4.00. The fraction of sp³-hybridized carbons (Fsp3) is 0.0588. The number of hydrogen-bond donors (Lipinski definition) is 0. The second kappa shape index (κ2) is 4.38. The second-order valence-corrected chi connectivity index (χ2v) is 5.03. The lowest BCUT2D eigenvalue weighted by atomic mass is 10.0. The molecule has 0 amide bonds. The molecule has 0 spiro atoms. The number of hydrogen-bond acceptors (Lipinski definition) is 2. The molecule has 0 saturated carbocycles. The van der Waals surface area contributed by atoms with Crippen LogP contribution in [0.3, 0.4) is 0 Å². The van der Waals surface area contributed by atoms with Crippen LogP contribution in [0.15, 0.2) is 55.0 Å². The van der Waals surface area contributed by atoms with E-state index in [1.807, 2.05) is 37.5 Å². The van der Waals surface area contributed by atoms with E-state index < -0.39 is 0 Å². The average Bonchev–Trinajstić information content (AvgIpc) is 2.83. The maximum atomic E-state index is 13.4. The van der Waals surface area contributed by atoms with Gasteiger partial charge in [0.15, 0.2) is 0 Å². The summed E-state index contributed by atoms with van der Waals surface area (Å²) in [6.45, 7) is 1.94. The summed E-state index contributed by atoms with van der Waals surface area (Å²) in [5, 5.41) is 2.16. The van der Waals surface area contributed by atoms with Gasteiger partial charge < -0.3 is 4.40 Å². The van der Waals surface area contributed by atoms with Crippen LogP contribution in [0, 0.1) is 12.7 Å². The number of benzene rings is 1. The summed E-state index contributed by atoms with van der Waals surface area (Å²) in [5.74, 6) is -0.273. The number of aryl methyl sites for hydroxylation is 1. The van der Waals surface area contributed by atoms with Gasteiger partial charge in [-0.15, -0.1) is 0 Å². The van der Waals surface area contributed by atoms with E-state index in [2.05, 4.69) is 16.0 Å². The van der Waals surface area contributed by atoms with Crippen molar-refractivity contribution in [2.75, 3.05) is 0 Å². The molecule has 0 saturated heterocycles. The SMILES string of the molecule is Cc1c(-c2cncc3ccccc23)nc2ccc(F)cn12. The first-order valence-electron chi connectivity index (χ1n) is 6.71. The molecule has 0 radical (unpaired) electrons. The van der Waals surface area contributed by atoms with E-state index in [1.165, 1.54) is 12.3 Å². The molecule has 4 heteroatoms. The Morgan fingerprint density at radius 2 is 1.90 bits per heavy atom. The molecule has 0 fully saturated rings. The van der Waals surface area contributed by atoms with Crippen LogP contribution < -0.4 is 0 Å². The molecule has 4 rings (SSSR count). The minimum atomic E-state index is -0.273. The first-order chi connectivity index (χ1) is 10.2. The van der Waals surface area contributed by atoms with Gasteiger partial charge in [-0.1, -0.05) is 24.3 Å². The molecule has 21 heavy (non-hydrogen) atoms. The van der Waals surface area contributed by atoms with Crippen LogP contribution in [0.5, 0.6) is 0 Å². The number of imidazole rings is 1. The summed E-state index contributed by atoms with van der Waals surface area (Å²) in [4.78, 5) is 8.92. The topological polar surface area (TPSA) is 30.2 Å². The van der Waals surface area contributed by atoms with E-state index in [-0.39, 0.29) is 5.82 Å². The molecule has 0 atom stereocenters. The third kappa shape index (κ3) is 1.80. The zero-order chi connectivity index (χ0) is 14.4. The van der Waals surface area contributed by atoms with E-state index in [0.29, 0.717) is 0 Å². The molecule has 0 aliphatic rings. The minimum Gasteiger partial charge on any atom is -0.301 e. The minimum absolute atomic E-state index is 0.273. The average molecular weight is 277 g/mol. The van der Waals surface area contributed by atoms with Crippen LogP contribution in [0.1, 0.15) is 5.69 Å². The van der Waals surface area contributed by atoms with Crippen molar-refractivity contribution < 1.29 is 4.39 Å². The molecule has 0 unspecified atom stereocenters. The smallest absolute Gasteiger partial charge is 0.139 e. The van der Waals surface area contributed by atoms with Crippen molar-refractivity contribution in [3.05, 3.63) is 66.5 Å². The van der Waals surface area contributed by atoms with Crippen molar-refractivity contribution in [3.63, 3.8) is 0 Å². The van der Waals surface area contributed by atoms with Gasteiger partial charge in [0.2, 0.25) is 0 Å². The van der Waals surface area contributed by atoms with Crippen molar-refractivity contribution in [3.8, 4) is 11.3 Å². The van der Waals surface area contributed by atoms with Gasteiger partial charge in [0.05, 0.1) is 5.69 Å². The van der Waals surface area contributed by atoms with Gasteiger partial charge in [0.25, 0.3) is 0 Å². The van der Waals surface area contributed by atoms with Crippen LogP contribution in [0.4, 0.5) is 4.39 Å². The summed E-state index contributed by atoms with van der Waals surface area (Å²) in [7, 11) is 0. The molecule has 0 bridgehead atoms. The van der Waals surface area contributed by atoms with Crippen molar-refractivity contribution in [1.29, 1.82) is 0 Å². The Labute approximate surface area is 120 Å². The predicted molar refractivity (Wildman–Crippen MR) is 80.6 cm³/mol. The Bertz CT molecular complexity index is 967. The van der Waals surface area contributed by atoms with Crippen LogP contribution in [-0.2, 0) is 0 Å². The van der Waals surface area contributed by atoms with Gasteiger partial charge in [-0.25, -0.2) is 9.37 Å². The van der Waals surface area contributed by atoms with E-state index >= 15 is 0 Å². The molecule has 102 valence electrons. The van der Waals surface area contributed by atoms with Crippen molar-refractivity contribution in [2.45, 2.75) is 6.92 Å². The third-order valence-electron chi connectivity index (χ3n) is 3.74. The standard InChI is InChI=1S/C17H12FN3/c1-11-17(20-16-7-6-13(18)10-21(11)16)15-9-19-8-12-4-2-3-5-14(12)15/h2-10H,1H3. The van der Waals surface area contributed by atoms with Crippen LogP contribution in [0.2, 0.25) is 0 Å². The molecule has 1 aromatic carbocycles. The maximum absolute atomic E-state index is 13.4.